The number of rotatable bonds is 2. The van der Waals surface area contributed by atoms with Crippen LogP contribution in [0.1, 0.15) is 16.7 Å². The number of nitriles is 1. The number of hydrogen-bond acceptors (Lipinski definition) is 2. The van der Waals surface area contributed by atoms with Crippen molar-refractivity contribution >= 4 is 5.69 Å². The maximum Gasteiger partial charge on any atom is 0.0991 e. The summed E-state index contributed by atoms with van der Waals surface area (Å²) in [5.41, 5.74) is 4.69. The summed E-state index contributed by atoms with van der Waals surface area (Å²) in [4.78, 5) is 0. The first kappa shape index (κ1) is 10.9. The lowest BCUT2D eigenvalue weighted by Crippen LogP contribution is -2.19. The molecule has 0 fully saturated rings. The van der Waals surface area contributed by atoms with E-state index in [9.17, 15) is 0 Å². The normalized spacial score (nSPS) is 13.9. The highest BCUT2D eigenvalue weighted by molar-refractivity contribution is 5.49. The van der Waals surface area contributed by atoms with Crippen LogP contribution in [-0.4, -0.2) is 6.04 Å². The fourth-order valence-electron chi connectivity index (χ4n) is 2.54. The summed E-state index contributed by atoms with van der Waals surface area (Å²) in [6.45, 7) is 0. The first-order chi connectivity index (χ1) is 8.85. The molecule has 88 valence electrons. The fraction of sp³-hybridized carbons (Fsp3) is 0.188. The largest absolute Gasteiger partial charge is 0.382 e. The van der Waals surface area contributed by atoms with Gasteiger partial charge in [-0.2, -0.15) is 5.26 Å². The van der Waals surface area contributed by atoms with Gasteiger partial charge in [-0.05, 0) is 48.2 Å². The summed E-state index contributed by atoms with van der Waals surface area (Å²) in [7, 11) is 0. The SMILES string of the molecule is N#Cc1ccc(NC2Cc3ccccc3C2)cc1. The molecule has 2 nitrogen and oxygen atoms in total. The van der Waals surface area contributed by atoms with Crippen molar-refractivity contribution in [3.05, 3.63) is 65.2 Å². The molecule has 2 aromatic carbocycles. The van der Waals surface area contributed by atoms with Crippen LogP contribution < -0.4 is 5.32 Å². The lowest BCUT2D eigenvalue weighted by atomic mass is 10.1. The van der Waals surface area contributed by atoms with Crippen molar-refractivity contribution in [2.45, 2.75) is 18.9 Å². The quantitative estimate of drug-likeness (QED) is 0.866. The Morgan fingerprint density at radius 2 is 1.56 bits per heavy atom. The van der Waals surface area contributed by atoms with Gasteiger partial charge in [0.15, 0.2) is 0 Å². The molecule has 0 saturated carbocycles. The second-order valence-electron chi connectivity index (χ2n) is 4.71. The Morgan fingerprint density at radius 3 is 2.11 bits per heavy atom. The van der Waals surface area contributed by atoms with Crippen molar-refractivity contribution in [3.8, 4) is 6.07 Å². The Bertz CT molecular complexity index is 568. The predicted octanol–water partition coefficient (Wildman–Crippen LogP) is 3.14. The lowest BCUT2D eigenvalue weighted by molar-refractivity contribution is 0.774. The smallest absolute Gasteiger partial charge is 0.0991 e. The lowest BCUT2D eigenvalue weighted by Gasteiger charge is -2.13. The monoisotopic (exact) mass is 234 g/mol. The minimum absolute atomic E-state index is 0.468. The fourth-order valence-corrected chi connectivity index (χ4v) is 2.54. The molecule has 0 amide bonds. The van der Waals surface area contributed by atoms with Crippen LogP contribution in [0.15, 0.2) is 48.5 Å². The van der Waals surface area contributed by atoms with Crippen molar-refractivity contribution in [2.24, 2.45) is 0 Å². The van der Waals surface area contributed by atoms with Gasteiger partial charge in [-0.15, -0.1) is 0 Å². The number of fused-ring (bicyclic) bond motifs is 1. The summed E-state index contributed by atoms with van der Waals surface area (Å²) in [6.07, 6.45) is 2.16. The first-order valence-corrected chi connectivity index (χ1v) is 6.18. The molecule has 0 aliphatic heterocycles. The number of benzene rings is 2. The highest BCUT2D eigenvalue weighted by Gasteiger charge is 2.20. The van der Waals surface area contributed by atoms with Crippen LogP contribution in [0.4, 0.5) is 5.69 Å². The number of hydrogen-bond donors (Lipinski definition) is 1. The molecule has 2 heteroatoms. The van der Waals surface area contributed by atoms with Crippen LogP contribution >= 0.6 is 0 Å². The molecular weight excluding hydrogens is 220 g/mol. The Labute approximate surface area is 107 Å². The molecule has 18 heavy (non-hydrogen) atoms. The van der Waals surface area contributed by atoms with Crippen molar-refractivity contribution in [1.82, 2.24) is 0 Å². The van der Waals surface area contributed by atoms with Crippen LogP contribution in [-0.2, 0) is 12.8 Å². The van der Waals surface area contributed by atoms with E-state index >= 15 is 0 Å². The number of anilines is 1. The molecule has 0 saturated heterocycles. The van der Waals surface area contributed by atoms with Gasteiger partial charge in [0.25, 0.3) is 0 Å². The summed E-state index contributed by atoms with van der Waals surface area (Å²) in [6, 6.07) is 18.9. The zero-order chi connectivity index (χ0) is 12.4. The summed E-state index contributed by atoms with van der Waals surface area (Å²) in [5.74, 6) is 0. The van der Waals surface area contributed by atoms with E-state index in [0.29, 0.717) is 11.6 Å². The van der Waals surface area contributed by atoms with Crippen LogP contribution in [0.5, 0.6) is 0 Å². The Balaban J connectivity index is 1.70. The zero-order valence-electron chi connectivity index (χ0n) is 10.1. The summed E-state index contributed by atoms with van der Waals surface area (Å²) >= 11 is 0. The molecule has 0 bridgehead atoms. The summed E-state index contributed by atoms with van der Waals surface area (Å²) in [5, 5.41) is 12.3. The maximum absolute atomic E-state index is 8.76. The molecule has 2 aromatic rings. The minimum atomic E-state index is 0.468. The van der Waals surface area contributed by atoms with E-state index in [0.717, 1.165) is 18.5 Å². The van der Waals surface area contributed by atoms with E-state index in [1.54, 1.807) is 0 Å². The van der Waals surface area contributed by atoms with E-state index in [1.165, 1.54) is 11.1 Å². The predicted molar refractivity (Wildman–Crippen MR) is 72.4 cm³/mol. The van der Waals surface area contributed by atoms with Crippen molar-refractivity contribution in [2.75, 3.05) is 5.32 Å². The third-order valence-electron chi connectivity index (χ3n) is 3.44. The van der Waals surface area contributed by atoms with Gasteiger partial charge in [0.2, 0.25) is 0 Å². The van der Waals surface area contributed by atoms with E-state index in [1.807, 2.05) is 24.3 Å². The van der Waals surface area contributed by atoms with Crippen LogP contribution in [0.3, 0.4) is 0 Å². The molecular formula is C16H14N2. The van der Waals surface area contributed by atoms with Gasteiger partial charge in [0, 0.05) is 11.7 Å². The molecule has 0 aromatic heterocycles. The first-order valence-electron chi connectivity index (χ1n) is 6.18. The second kappa shape index (κ2) is 4.54. The molecule has 1 N–H and O–H groups in total. The van der Waals surface area contributed by atoms with Crippen LogP contribution in [0.2, 0.25) is 0 Å². The third-order valence-corrected chi connectivity index (χ3v) is 3.44. The van der Waals surface area contributed by atoms with Gasteiger partial charge in [-0.25, -0.2) is 0 Å². The highest BCUT2D eigenvalue weighted by Crippen LogP contribution is 2.24. The second-order valence-corrected chi connectivity index (χ2v) is 4.71. The molecule has 1 aliphatic carbocycles. The van der Waals surface area contributed by atoms with Crippen molar-refractivity contribution in [3.63, 3.8) is 0 Å². The molecule has 0 heterocycles. The third kappa shape index (κ3) is 2.08. The Kier molecular flexibility index (Phi) is 2.74. The standard InChI is InChI=1S/C16H14N2/c17-11-12-5-7-15(8-6-12)18-16-9-13-3-1-2-4-14(13)10-16/h1-8,16,18H,9-10H2. The van der Waals surface area contributed by atoms with Gasteiger partial charge in [-0.3, -0.25) is 0 Å². The molecule has 0 unspecified atom stereocenters. The Morgan fingerprint density at radius 1 is 0.944 bits per heavy atom. The maximum atomic E-state index is 8.76. The van der Waals surface area contributed by atoms with E-state index in [2.05, 4.69) is 35.7 Å². The van der Waals surface area contributed by atoms with E-state index in [4.69, 9.17) is 5.26 Å². The average molecular weight is 234 g/mol. The van der Waals surface area contributed by atoms with Gasteiger partial charge in [-0.1, -0.05) is 24.3 Å². The molecule has 0 radical (unpaired) electrons. The average Bonchev–Trinajstić information content (AvgIpc) is 2.82. The van der Waals surface area contributed by atoms with Crippen molar-refractivity contribution in [1.29, 1.82) is 5.26 Å². The molecule has 0 spiro atoms. The number of nitrogens with zero attached hydrogens (tertiary/aromatic N) is 1. The van der Waals surface area contributed by atoms with Crippen molar-refractivity contribution < 1.29 is 0 Å². The topological polar surface area (TPSA) is 35.8 Å². The van der Waals surface area contributed by atoms with Crippen LogP contribution in [0, 0.1) is 11.3 Å². The van der Waals surface area contributed by atoms with Gasteiger partial charge < -0.3 is 5.32 Å². The number of nitrogens with one attached hydrogen (secondary N) is 1. The minimum Gasteiger partial charge on any atom is -0.382 e. The van der Waals surface area contributed by atoms with E-state index < -0.39 is 0 Å². The van der Waals surface area contributed by atoms with E-state index in [-0.39, 0.29) is 0 Å². The summed E-state index contributed by atoms with van der Waals surface area (Å²) < 4.78 is 0. The molecule has 3 rings (SSSR count). The Hall–Kier alpha value is -2.27. The highest BCUT2D eigenvalue weighted by atomic mass is 14.9. The zero-order valence-corrected chi connectivity index (χ0v) is 10.1. The molecule has 1 aliphatic rings. The van der Waals surface area contributed by atoms with Crippen LogP contribution in [0.25, 0.3) is 0 Å². The van der Waals surface area contributed by atoms with Gasteiger partial charge in [0.1, 0.15) is 0 Å². The van der Waals surface area contributed by atoms with Gasteiger partial charge in [0.05, 0.1) is 11.6 Å². The van der Waals surface area contributed by atoms with Gasteiger partial charge >= 0.3 is 0 Å². The molecule has 0 atom stereocenters.